The summed E-state index contributed by atoms with van der Waals surface area (Å²) in [6.07, 6.45) is 4.01. The van der Waals surface area contributed by atoms with Gasteiger partial charge in [-0.15, -0.1) is 0 Å². The lowest BCUT2D eigenvalue weighted by atomic mass is 9.31. The van der Waals surface area contributed by atoms with Crippen molar-refractivity contribution in [1.29, 1.82) is 0 Å². The SMILES string of the molecule is CC(C)Cc1ccc2c(c1)c1cc(CC(C)C)cc3c1n2-c1c2c4c(c5c1B3c1ccc(-c3ccc(C(C)(C)C)cc3)cc1O5)-n1c3ccc(CC(C)C)cc3c3cc(CC(C)C)cc(c31)B4c1ccc(-c3ccc(C(C)(C)C)cc3)cc1O2. The van der Waals surface area contributed by atoms with Crippen LogP contribution in [0.1, 0.15) is 130 Å². The molecular formula is C78H78B2N2O2. The lowest BCUT2D eigenvalue weighted by Gasteiger charge is -2.41. The van der Waals surface area contributed by atoms with Crippen molar-refractivity contribution in [1.82, 2.24) is 9.13 Å². The van der Waals surface area contributed by atoms with E-state index in [9.17, 15) is 0 Å². The summed E-state index contributed by atoms with van der Waals surface area (Å²) in [5, 5.41) is 5.24. The third kappa shape index (κ3) is 8.23. The van der Waals surface area contributed by atoms with Crippen molar-refractivity contribution in [3.63, 3.8) is 0 Å². The zero-order valence-corrected chi connectivity index (χ0v) is 51.9. The van der Waals surface area contributed by atoms with Crippen LogP contribution >= 0.6 is 0 Å². The molecule has 418 valence electrons. The van der Waals surface area contributed by atoms with E-state index in [4.69, 9.17) is 9.47 Å². The molecule has 0 unspecified atom stereocenters. The number of benzene rings is 9. The summed E-state index contributed by atoms with van der Waals surface area (Å²) >= 11 is 0. The van der Waals surface area contributed by atoms with E-state index in [1.807, 2.05) is 0 Å². The fourth-order valence-corrected chi connectivity index (χ4v) is 15.3. The van der Waals surface area contributed by atoms with Gasteiger partial charge in [-0.25, -0.2) is 0 Å². The molecule has 0 bridgehead atoms. The van der Waals surface area contributed by atoms with Crippen LogP contribution in [0.5, 0.6) is 23.0 Å². The van der Waals surface area contributed by atoms with Gasteiger partial charge in [0, 0.05) is 43.5 Å². The second-order valence-corrected chi connectivity index (χ2v) is 29.3. The van der Waals surface area contributed by atoms with Gasteiger partial charge in [-0.05, 0) is 186 Å². The number of hydrogen-bond donors (Lipinski definition) is 0. The topological polar surface area (TPSA) is 28.3 Å². The highest BCUT2D eigenvalue weighted by Crippen LogP contribution is 2.50. The van der Waals surface area contributed by atoms with Crippen molar-refractivity contribution < 1.29 is 9.47 Å². The van der Waals surface area contributed by atoms with E-state index in [0.29, 0.717) is 23.7 Å². The summed E-state index contributed by atoms with van der Waals surface area (Å²) in [4.78, 5) is 0. The van der Waals surface area contributed by atoms with Gasteiger partial charge in [0.1, 0.15) is 23.0 Å². The zero-order chi connectivity index (χ0) is 58.2. The standard InChI is InChI=1S/C78H78B2N2O2/c1-43(2)31-47-15-29-65-57(35-47)59-37-49(33-45(5)6)39-63-71(59)81(65)73-69-76(84-67-41-53(21-27-61(67)79(63)69)51-17-23-55(24-18-51)77(9,10)11)74-70-75(73)83-68-42-54(52-19-25-56(26-20-52)78(12,13)14)22-28-62(68)80(70)64-40-50(34-46(7)8)38-60-58-36-48(32-44(3)4)16-30-66(58)82(74)72(60)64/h15-30,35-46H,31-34H2,1-14H3. The first-order chi connectivity index (χ1) is 40.2. The molecule has 0 saturated carbocycles. The number of nitrogens with zero attached hydrogens (tertiary/aromatic N) is 2. The van der Waals surface area contributed by atoms with Gasteiger partial charge >= 0.3 is 0 Å². The van der Waals surface area contributed by atoms with Gasteiger partial charge in [-0.1, -0.05) is 194 Å². The number of aromatic nitrogens is 2. The highest BCUT2D eigenvalue weighted by Gasteiger charge is 2.51. The maximum Gasteiger partial charge on any atom is 0.256 e. The minimum absolute atomic E-state index is 0.0513. The molecule has 0 aliphatic carbocycles. The molecule has 4 aliphatic rings. The largest absolute Gasteiger partial charge is 0.456 e. The molecule has 0 N–H and O–H groups in total. The highest BCUT2D eigenvalue weighted by atomic mass is 16.5. The third-order valence-electron chi connectivity index (χ3n) is 18.9. The minimum atomic E-state index is -0.153. The van der Waals surface area contributed by atoms with Crippen LogP contribution in [0, 0.1) is 23.7 Å². The van der Waals surface area contributed by atoms with Crippen LogP contribution in [0.3, 0.4) is 0 Å². The van der Waals surface area contributed by atoms with Gasteiger partial charge in [0.15, 0.2) is 0 Å². The van der Waals surface area contributed by atoms with Crippen LogP contribution in [-0.2, 0) is 36.5 Å². The molecule has 4 nitrogen and oxygen atoms in total. The van der Waals surface area contributed by atoms with Gasteiger partial charge in [0.2, 0.25) is 0 Å². The predicted molar refractivity (Wildman–Crippen MR) is 360 cm³/mol. The Morgan fingerprint density at radius 1 is 0.357 bits per heavy atom. The number of hydrogen-bond acceptors (Lipinski definition) is 2. The third-order valence-corrected chi connectivity index (χ3v) is 18.9. The first-order valence-electron chi connectivity index (χ1n) is 31.5. The van der Waals surface area contributed by atoms with E-state index < -0.39 is 0 Å². The molecule has 0 saturated heterocycles. The van der Waals surface area contributed by atoms with Crippen LogP contribution in [-0.4, -0.2) is 22.6 Å². The lowest BCUT2D eigenvalue weighted by Crippen LogP contribution is -2.63. The summed E-state index contributed by atoms with van der Waals surface area (Å²) in [5.41, 5.74) is 27.5. The predicted octanol–water partition coefficient (Wildman–Crippen LogP) is 16.5. The van der Waals surface area contributed by atoms with Gasteiger partial charge < -0.3 is 18.6 Å². The Bertz CT molecular complexity index is 4280. The van der Waals surface area contributed by atoms with Crippen LogP contribution in [0.4, 0.5) is 0 Å². The second-order valence-electron chi connectivity index (χ2n) is 29.3. The summed E-state index contributed by atoms with van der Waals surface area (Å²) < 4.78 is 21.3. The van der Waals surface area contributed by atoms with E-state index in [1.165, 1.54) is 121 Å². The van der Waals surface area contributed by atoms with E-state index in [1.54, 1.807) is 0 Å². The Hall–Kier alpha value is -7.69. The summed E-state index contributed by atoms with van der Waals surface area (Å²) in [6.45, 7) is 32.2. The quantitative estimate of drug-likeness (QED) is 0.128. The molecule has 84 heavy (non-hydrogen) atoms. The smallest absolute Gasteiger partial charge is 0.256 e. The van der Waals surface area contributed by atoms with E-state index >= 15 is 0 Å². The van der Waals surface area contributed by atoms with E-state index in [0.717, 1.165) is 71.2 Å². The fraction of sp³-hybridized carbons (Fsp3) is 0.308. The van der Waals surface area contributed by atoms with Crippen LogP contribution in [0.15, 0.2) is 146 Å². The van der Waals surface area contributed by atoms with Crippen LogP contribution in [0.25, 0.3) is 77.2 Å². The van der Waals surface area contributed by atoms with Crippen molar-refractivity contribution in [3.05, 3.63) is 179 Å². The van der Waals surface area contributed by atoms with Crippen molar-refractivity contribution in [2.24, 2.45) is 23.7 Å². The Balaban J connectivity index is 1.10. The van der Waals surface area contributed by atoms with Crippen molar-refractivity contribution in [2.75, 3.05) is 0 Å². The number of rotatable bonds is 10. The average molecular weight is 1100 g/mol. The van der Waals surface area contributed by atoms with Gasteiger partial charge in [0.25, 0.3) is 13.4 Å². The molecule has 2 aromatic heterocycles. The molecule has 0 amide bonds. The van der Waals surface area contributed by atoms with E-state index in [2.05, 4.69) is 252 Å². The summed E-state index contributed by atoms with van der Waals surface area (Å²) in [5.74, 6) is 5.72. The molecule has 4 aliphatic heterocycles. The Morgan fingerprint density at radius 2 is 0.702 bits per heavy atom. The molecule has 6 heteroatoms. The van der Waals surface area contributed by atoms with E-state index in [-0.39, 0.29) is 24.3 Å². The first kappa shape index (κ1) is 53.1. The Morgan fingerprint density at radius 3 is 1.06 bits per heavy atom. The lowest BCUT2D eigenvalue weighted by molar-refractivity contribution is 0.472. The minimum Gasteiger partial charge on any atom is -0.456 e. The molecule has 0 atom stereocenters. The van der Waals surface area contributed by atoms with Crippen molar-refractivity contribution in [2.45, 2.75) is 133 Å². The van der Waals surface area contributed by atoms with Crippen LogP contribution in [0.2, 0.25) is 0 Å². The maximum atomic E-state index is 8.02. The second kappa shape index (κ2) is 18.9. The molecule has 11 aromatic rings. The highest BCUT2D eigenvalue weighted by molar-refractivity contribution is 7.02. The summed E-state index contributed by atoms with van der Waals surface area (Å²) in [7, 11) is 0. The average Bonchev–Trinajstić information content (AvgIpc) is 1.27. The molecular weight excluding hydrogens is 1020 g/mol. The molecule has 9 aromatic carbocycles. The zero-order valence-electron chi connectivity index (χ0n) is 51.9. The number of fused-ring (bicyclic) bond motifs is 16. The fourth-order valence-electron chi connectivity index (χ4n) is 15.3. The van der Waals surface area contributed by atoms with Gasteiger partial charge in [-0.2, -0.15) is 0 Å². The maximum absolute atomic E-state index is 8.02. The van der Waals surface area contributed by atoms with Gasteiger partial charge in [-0.3, -0.25) is 0 Å². The normalized spacial score (nSPS) is 13.9. The molecule has 6 heterocycles. The van der Waals surface area contributed by atoms with Crippen LogP contribution < -0.4 is 42.3 Å². The summed E-state index contributed by atoms with van der Waals surface area (Å²) in [6, 6.07) is 57.5. The van der Waals surface area contributed by atoms with Crippen molar-refractivity contribution >= 4 is 89.8 Å². The van der Waals surface area contributed by atoms with Gasteiger partial charge in [0.05, 0.1) is 22.4 Å². The molecule has 0 radical (unpaired) electrons. The first-order valence-corrected chi connectivity index (χ1v) is 31.5. The Labute approximate surface area is 498 Å². The molecule has 0 spiro atoms. The Kier molecular flexibility index (Phi) is 11.9. The van der Waals surface area contributed by atoms with Crippen molar-refractivity contribution in [3.8, 4) is 56.6 Å². The molecule has 15 rings (SSSR count). The monoisotopic (exact) mass is 1100 g/mol. The number of ether oxygens (including phenoxy) is 2. The molecule has 0 fully saturated rings.